The molecule has 2 rings (SSSR count). The van der Waals surface area contributed by atoms with E-state index in [2.05, 4.69) is 20.0 Å². The van der Waals surface area contributed by atoms with Gasteiger partial charge in [-0.15, -0.1) is 0 Å². The number of hydrogen-bond acceptors (Lipinski definition) is 4. The van der Waals surface area contributed by atoms with Crippen molar-refractivity contribution in [2.45, 2.75) is 37.3 Å². The van der Waals surface area contributed by atoms with Gasteiger partial charge in [0, 0.05) is 19.0 Å². The molecule has 6 nitrogen and oxygen atoms in total. The molecule has 1 fully saturated rings. The van der Waals surface area contributed by atoms with Gasteiger partial charge in [0.15, 0.2) is 5.03 Å². The zero-order valence-electron chi connectivity index (χ0n) is 9.86. The number of aromatic amines is 1. The third-order valence-corrected chi connectivity index (χ3v) is 4.28. The summed E-state index contributed by atoms with van der Waals surface area (Å²) in [7, 11) is -3.46. The molecular formula is C10H18N4O2S. The molecule has 1 aromatic heterocycles. The zero-order valence-corrected chi connectivity index (χ0v) is 10.7. The van der Waals surface area contributed by atoms with Crippen molar-refractivity contribution in [1.82, 2.24) is 20.0 Å². The smallest absolute Gasteiger partial charge is 0.257 e. The van der Waals surface area contributed by atoms with E-state index in [4.69, 9.17) is 0 Å². The van der Waals surface area contributed by atoms with E-state index in [-0.39, 0.29) is 11.1 Å². The summed E-state index contributed by atoms with van der Waals surface area (Å²) in [5.41, 5.74) is 0. The van der Waals surface area contributed by atoms with E-state index in [1.807, 2.05) is 6.92 Å². The Hall–Kier alpha value is -0.920. The fourth-order valence-electron chi connectivity index (χ4n) is 1.89. The maximum Gasteiger partial charge on any atom is 0.257 e. The quantitative estimate of drug-likeness (QED) is 0.709. The van der Waals surface area contributed by atoms with E-state index < -0.39 is 10.0 Å². The molecule has 0 aliphatic carbocycles. The molecule has 1 saturated heterocycles. The molecule has 1 aliphatic rings. The van der Waals surface area contributed by atoms with Crippen molar-refractivity contribution < 1.29 is 8.42 Å². The Kier molecular flexibility index (Phi) is 3.80. The molecule has 96 valence electrons. The molecule has 0 amide bonds. The Labute approximate surface area is 101 Å². The topological polar surface area (TPSA) is 86.9 Å². The van der Waals surface area contributed by atoms with Gasteiger partial charge in [-0.3, -0.25) is 0 Å². The van der Waals surface area contributed by atoms with Crippen LogP contribution in [0.1, 0.15) is 25.6 Å². The van der Waals surface area contributed by atoms with E-state index in [9.17, 15) is 8.42 Å². The molecular weight excluding hydrogens is 240 g/mol. The summed E-state index contributed by atoms with van der Waals surface area (Å²) in [6.45, 7) is 3.57. The molecule has 1 aromatic rings. The molecule has 0 aromatic carbocycles. The zero-order chi connectivity index (χ0) is 12.3. The fraction of sp³-hybridized carbons (Fsp3) is 0.700. The Morgan fingerprint density at radius 2 is 2.41 bits per heavy atom. The van der Waals surface area contributed by atoms with Gasteiger partial charge in [-0.1, -0.05) is 6.92 Å². The summed E-state index contributed by atoms with van der Waals surface area (Å²) in [5, 5.41) is 3.33. The average Bonchev–Trinajstić information content (AvgIpc) is 2.79. The number of nitrogens with one attached hydrogen (secondary N) is 3. The predicted octanol–water partition coefficient (Wildman–Crippen LogP) is 0.00240. The van der Waals surface area contributed by atoms with Gasteiger partial charge in [-0.05, 0) is 19.4 Å². The van der Waals surface area contributed by atoms with Gasteiger partial charge in [0.05, 0.1) is 6.20 Å². The number of aromatic nitrogens is 2. The summed E-state index contributed by atoms with van der Waals surface area (Å²) in [4.78, 5) is 6.81. The van der Waals surface area contributed by atoms with E-state index in [0.717, 1.165) is 19.4 Å². The van der Waals surface area contributed by atoms with Crippen LogP contribution in [0.5, 0.6) is 0 Å². The highest BCUT2D eigenvalue weighted by Gasteiger charge is 2.23. The summed E-state index contributed by atoms with van der Waals surface area (Å²) in [6.07, 6.45) is 3.94. The Balaban J connectivity index is 2.07. The third-order valence-electron chi connectivity index (χ3n) is 2.85. The van der Waals surface area contributed by atoms with Crippen molar-refractivity contribution in [1.29, 1.82) is 0 Å². The molecule has 0 radical (unpaired) electrons. The molecule has 17 heavy (non-hydrogen) atoms. The predicted molar refractivity (Wildman–Crippen MR) is 64.2 cm³/mol. The molecule has 7 heteroatoms. The monoisotopic (exact) mass is 258 g/mol. The van der Waals surface area contributed by atoms with E-state index in [1.54, 1.807) is 0 Å². The number of aryl methyl sites for hydroxylation is 1. The lowest BCUT2D eigenvalue weighted by Crippen LogP contribution is -2.45. The molecule has 2 heterocycles. The van der Waals surface area contributed by atoms with Crippen LogP contribution in [0.15, 0.2) is 11.2 Å². The third kappa shape index (κ3) is 3.05. The maximum absolute atomic E-state index is 12.0. The minimum Gasteiger partial charge on any atom is -0.332 e. The lowest BCUT2D eigenvalue weighted by atomic mass is 10.1. The Morgan fingerprint density at radius 1 is 1.59 bits per heavy atom. The van der Waals surface area contributed by atoms with Gasteiger partial charge in [0.25, 0.3) is 10.0 Å². The van der Waals surface area contributed by atoms with Gasteiger partial charge in [-0.2, -0.15) is 0 Å². The Bertz CT molecular complexity index is 462. The molecule has 0 saturated carbocycles. The largest absolute Gasteiger partial charge is 0.332 e. The van der Waals surface area contributed by atoms with E-state index >= 15 is 0 Å². The van der Waals surface area contributed by atoms with Crippen molar-refractivity contribution in [3.63, 3.8) is 0 Å². The average molecular weight is 258 g/mol. The molecule has 1 atom stereocenters. The van der Waals surface area contributed by atoms with Gasteiger partial charge in [0.1, 0.15) is 5.82 Å². The van der Waals surface area contributed by atoms with Crippen LogP contribution in [-0.4, -0.2) is 37.5 Å². The first-order valence-electron chi connectivity index (χ1n) is 5.89. The molecule has 0 unspecified atom stereocenters. The first-order valence-corrected chi connectivity index (χ1v) is 7.37. The minimum atomic E-state index is -3.46. The van der Waals surface area contributed by atoms with Gasteiger partial charge >= 0.3 is 0 Å². The summed E-state index contributed by atoms with van der Waals surface area (Å²) in [5.74, 6) is 0.687. The van der Waals surface area contributed by atoms with Crippen LogP contribution in [0.25, 0.3) is 0 Å². The second-order valence-corrected chi connectivity index (χ2v) is 5.89. The van der Waals surface area contributed by atoms with Crippen molar-refractivity contribution in [3.8, 4) is 0 Å². The summed E-state index contributed by atoms with van der Waals surface area (Å²) < 4.78 is 26.7. The number of rotatable bonds is 4. The van der Waals surface area contributed by atoms with Crippen LogP contribution in [0.3, 0.4) is 0 Å². The van der Waals surface area contributed by atoms with Crippen LogP contribution in [0.4, 0.5) is 0 Å². The lowest BCUT2D eigenvalue weighted by Gasteiger charge is -2.23. The van der Waals surface area contributed by atoms with Crippen molar-refractivity contribution in [2.75, 3.05) is 13.1 Å². The van der Waals surface area contributed by atoms with Crippen LogP contribution in [-0.2, 0) is 16.4 Å². The number of imidazole rings is 1. The normalized spacial score (nSPS) is 21.6. The summed E-state index contributed by atoms with van der Waals surface area (Å²) in [6, 6.07) is -0.0258. The number of hydrogen-bond donors (Lipinski definition) is 3. The highest BCUT2D eigenvalue weighted by molar-refractivity contribution is 7.89. The van der Waals surface area contributed by atoms with Crippen molar-refractivity contribution in [3.05, 3.63) is 12.0 Å². The van der Waals surface area contributed by atoms with E-state index in [0.29, 0.717) is 18.8 Å². The Morgan fingerprint density at radius 3 is 3.00 bits per heavy atom. The minimum absolute atomic E-state index is 0.0258. The van der Waals surface area contributed by atoms with Crippen LogP contribution < -0.4 is 10.0 Å². The standard InChI is InChI=1S/C10H18N4O2S/c1-2-9-12-7-10(13-9)17(15,16)14-8-4-3-5-11-6-8/h7-8,11,14H,2-6H2,1H3,(H,12,13)/t8-/m1/s1. The molecule has 0 spiro atoms. The number of sulfonamides is 1. The first-order chi connectivity index (χ1) is 8.12. The summed E-state index contributed by atoms with van der Waals surface area (Å²) >= 11 is 0. The second-order valence-electron chi connectivity index (χ2n) is 4.21. The van der Waals surface area contributed by atoms with Crippen LogP contribution >= 0.6 is 0 Å². The molecule has 0 bridgehead atoms. The SMILES string of the molecule is CCc1ncc(S(=O)(=O)N[C@@H]2CCCNC2)[nH]1. The lowest BCUT2D eigenvalue weighted by molar-refractivity contribution is 0.428. The van der Waals surface area contributed by atoms with Crippen molar-refractivity contribution in [2.24, 2.45) is 0 Å². The van der Waals surface area contributed by atoms with Crippen LogP contribution in [0.2, 0.25) is 0 Å². The molecule has 1 aliphatic heterocycles. The van der Waals surface area contributed by atoms with Crippen LogP contribution in [0, 0.1) is 0 Å². The molecule has 3 N–H and O–H groups in total. The van der Waals surface area contributed by atoms with Gasteiger partial charge in [0.2, 0.25) is 0 Å². The number of nitrogens with zero attached hydrogens (tertiary/aromatic N) is 1. The first kappa shape index (κ1) is 12.5. The second kappa shape index (κ2) is 5.16. The fourth-order valence-corrected chi connectivity index (χ4v) is 3.11. The van der Waals surface area contributed by atoms with Gasteiger partial charge in [-0.25, -0.2) is 18.1 Å². The number of H-pyrrole nitrogens is 1. The number of piperidine rings is 1. The highest BCUT2D eigenvalue weighted by atomic mass is 32.2. The maximum atomic E-state index is 12.0. The highest BCUT2D eigenvalue weighted by Crippen LogP contribution is 2.09. The van der Waals surface area contributed by atoms with E-state index in [1.165, 1.54) is 6.20 Å². The van der Waals surface area contributed by atoms with Gasteiger partial charge < -0.3 is 10.3 Å². The van der Waals surface area contributed by atoms with Crippen molar-refractivity contribution >= 4 is 10.0 Å².